The summed E-state index contributed by atoms with van der Waals surface area (Å²) in [5.74, 6) is -1.42. The summed E-state index contributed by atoms with van der Waals surface area (Å²) >= 11 is 5.24. The zero-order chi connectivity index (χ0) is 10.9. The molecule has 0 saturated carbocycles. The van der Waals surface area contributed by atoms with E-state index in [2.05, 4.69) is 4.98 Å². The van der Waals surface area contributed by atoms with Crippen LogP contribution in [0.4, 0.5) is 13.2 Å². The van der Waals surface area contributed by atoms with Crippen molar-refractivity contribution in [1.82, 2.24) is 4.98 Å². The molecule has 0 bridgehead atoms. The van der Waals surface area contributed by atoms with Crippen molar-refractivity contribution in [3.63, 3.8) is 0 Å². The number of halogens is 5. The van der Waals surface area contributed by atoms with Gasteiger partial charge in [0.1, 0.15) is 10.8 Å². The molecule has 0 aromatic carbocycles. The van der Waals surface area contributed by atoms with Crippen LogP contribution in [-0.4, -0.2) is 16.1 Å². The molecule has 8 heteroatoms. The fraction of sp³-hybridized carbons (Fsp3) is 0.143. The molecule has 1 rings (SSSR count). The maximum atomic E-state index is 12.0. The second-order valence-corrected chi connectivity index (χ2v) is 2.70. The number of alkyl halides is 3. The van der Waals surface area contributed by atoms with E-state index < -0.39 is 28.6 Å². The van der Waals surface area contributed by atoms with Crippen LogP contribution in [0.3, 0.4) is 0 Å². The van der Waals surface area contributed by atoms with E-state index in [1.54, 1.807) is 0 Å². The van der Waals surface area contributed by atoms with Gasteiger partial charge in [0.2, 0.25) is 0 Å². The van der Waals surface area contributed by atoms with Gasteiger partial charge in [-0.2, -0.15) is 13.2 Å². The van der Waals surface area contributed by atoms with Crippen LogP contribution in [0.2, 0.25) is 5.15 Å². The number of carboxylic acids is 1. The van der Waals surface area contributed by atoms with Crippen LogP contribution >= 0.6 is 24.0 Å². The summed E-state index contributed by atoms with van der Waals surface area (Å²) < 4.78 is 36.1. The molecule has 0 aliphatic heterocycles. The molecule has 15 heavy (non-hydrogen) atoms. The highest BCUT2D eigenvalue weighted by Gasteiger charge is 2.33. The molecule has 0 atom stereocenters. The number of hydrogen-bond acceptors (Lipinski definition) is 2. The Morgan fingerprint density at radius 1 is 1.40 bits per heavy atom. The number of hydrogen-bond donors (Lipinski definition) is 1. The van der Waals surface area contributed by atoms with Crippen LogP contribution in [0, 0.1) is 0 Å². The number of carbonyl (C=O) groups is 1. The lowest BCUT2D eigenvalue weighted by Crippen LogP contribution is -2.10. The Morgan fingerprint density at radius 3 is 2.27 bits per heavy atom. The van der Waals surface area contributed by atoms with Crippen LogP contribution in [-0.2, 0) is 6.18 Å². The number of rotatable bonds is 1. The minimum absolute atomic E-state index is 0. The summed E-state index contributed by atoms with van der Waals surface area (Å²) in [5, 5.41) is 7.78. The van der Waals surface area contributed by atoms with E-state index in [9.17, 15) is 18.0 Å². The van der Waals surface area contributed by atoms with Crippen molar-refractivity contribution in [2.75, 3.05) is 0 Å². The van der Waals surface area contributed by atoms with Crippen molar-refractivity contribution in [3.8, 4) is 0 Å². The van der Waals surface area contributed by atoms with Gasteiger partial charge in [-0.3, -0.25) is 0 Å². The minimum atomic E-state index is -4.62. The number of aromatic nitrogens is 1. The topological polar surface area (TPSA) is 50.2 Å². The first-order valence-electron chi connectivity index (χ1n) is 3.29. The highest BCUT2D eigenvalue weighted by atomic mass is 35.5. The SMILES string of the molecule is Cl.O=C(O)c1ccc(C(F)(F)F)nc1Cl. The molecule has 3 nitrogen and oxygen atoms in total. The number of aromatic carboxylic acids is 1. The molecule has 1 heterocycles. The fourth-order valence-electron chi connectivity index (χ4n) is 0.752. The zero-order valence-electron chi connectivity index (χ0n) is 6.88. The largest absolute Gasteiger partial charge is 0.478 e. The molecule has 0 saturated heterocycles. The number of pyridine rings is 1. The van der Waals surface area contributed by atoms with E-state index in [0.717, 1.165) is 6.07 Å². The summed E-state index contributed by atoms with van der Waals surface area (Å²) in [4.78, 5) is 13.3. The first kappa shape index (κ1) is 14.0. The summed E-state index contributed by atoms with van der Waals surface area (Å²) in [6, 6.07) is 1.33. The van der Waals surface area contributed by atoms with E-state index >= 15 is 0 Å². The first-order chi connectivity index (χ1) is 6.32. The molecule has 1 N–H and O–H groups in total. The molecule has 0 radical (unpaired) electrons. The fourth-order valence-corrected chi connectivity index (χ4v) is 0.987. The standard InChI is InChI=1S/C7H3ClF3NO2.ClH/c8-5-3(6(13)14)1-2-4(12-5)7(9,10)11;/h1-2H,(H,13,14);1H. The number of nitrogens with zero attached hydrogens (tertiary/aromatic N) is 1. The molecular formula is C7H4Cl2F3NO2. The molecule has 0 amide bonds. The molecular weight excluding hydrogens is 258 g/mol. The van der Waals surface area contributed by atoms with Gasteiger partial charge in [-0.15, -0.1) is 12.4 Å². The van der Waals surface area contributed by atoms with Crippen molar-refractivity contribution in [2.45, 2.75) is 6.18 Å². The summed E-state index contributed by atoms with van der Waals surface area (Å²) in [5.41, 5.74) is -1.67. The van der Waals surface area contributed by atoms with Gasteiger partial charge in [-0.25, -0.2) is 9.78 Å². The quantitative estimate of drug-likeness (QED) is 0.791. The molecule has 0 aliphatic carbocycles. The van der Waals surface area contributed by atoms with Gasteiger partial charge in [0.05, 0.1) is 5.56 Å². The first-order valence-corrected chi connectivity index (χ1v) is 3.67. The lowest BCUT2D eigenvalue weighted by molar-refractivity contribution is -0.141. The third kappa shape index (κ3) is 3.24. The molecule has 1 aromatic heterocycles. The van der Waals surface area contributed by atoms with Gasteiger partial charge >= 0.3 is 12.1 Å². The Kier molecular flexibility index (Phi) is 4.36. The van der Waals surface area contributed by atoms with Crippen LogP contribution in [0.5, 0.6) is 0 Å². The van der Waals surface area contributed by atoms with Crippen molar-refractivity contribution in [2.24, 2.45) is 0 Å². The summed E-state index contributed by atoms with van der Waals surface area (Å²) in [6.45, 7) is 0. The van der Waals surface area contributed by atoms with E-state index in [0.29, 0.717) is 6.07 Å². The van der Waals surface area contributed by atoms with Crippen LogP contribution in [0.15, 0.2) is 12.1 Å². The van der Waals surface area contributed by atoms with E-state index in [-0.39, 0.29) is 12.4 Å². The zero-order valence-corrected chi connectivity index (χ0v) is 8.45. The van der Waals surface area contributed by atoms with Gasteiger partial charge in [0.25, 0.3) is 0 Å². The lowest BCUT2D eigenvalue weighted by Gasteiger charge is -2.06. The van der Waals surface area contributed by atoms with Gasteiger partial charge in [0.15, 0.2) is 0 Å². The Bertz CT molecular complexity index is 381. The molecule has 84 valence electrons. The predicted molar refractivity (Wildman–Crippen MR) is 48.5 cm³/mol. The summed E-state index contributed by atoms with van der Waals surface area (Å²) in [6.07, 6.45) is -4.62. The van der Waals surface area contributed by atoms with Gasteiger partial charge in [0, 0.05) is 0 Å². The lowest BCUT2D eigenvalue weighted by atomic mass is 10.2. The van der Waals surface area contributed by atoms with Gasteiger partial charge in [-0.1, -0.05) is 11.6 Å². The molecule has 0 fully saturated rings. The average molecular weight is 262 g/mol. The molecule has 0 spiro atoms. The third-order valence-corrected chi connectivity index (χ3v) is 1.66. The van der Waals surface area contributed by atoms with E-state index in [1.165, 1.54) is 0 Å². The van der Waals surface area contributed by atoms with Crippen molar-refractivity contribution < 1.29 is 23.1 Å². The Morgan fingerprint density at radius 2 is 1.93 bits per heavy atom. The highest BCUT2D eigenvalue weighted by Crippen LogP contribution is 2.29. The monoisotopic (exact) mass is 261 g/mol. The molecule has 0 aliphatic rings. The van der Waals surface area contributed by atoms with E-state index in [4.69, 9.17) is 16.7 Å². The minimum Gasteiger partial charge on any atom is -0.478 e. The maximum Gasteiger partial charge on any atom is 0.433 e. The smallest absolute Gasteiger partial charge is 0.433 e. The molecule has 1 aromatic rings. The second-order valence-electron chi connectivity index (χ2n) is 2.34. The third-order valence-electron chi connectivity index (χ3n) is 1.37. The normalized spacial score (nSPS) is 10.7. The van der Waals surface area contributed by atoms with Gasteiger partial charge in [-0.05, 0) is 12.1 Å². The Labute approximate surface area is 93.3 Å². The second kappa shape index (κ2) is 4.67. The van der Waals surface area contributed by atoms with Gasteiger partial charge < -0.3 is 5.11 Å². The highest BCUT2D eigenvalue weighted by molar-refractivity contribution is 6.32. The Hall–Kier alpha value is -1.01. The molecule has 0 unspecified atom stereocenters. The van der Waals surface area contributed by atoms with Crippen molar-refractivity contribution in [3.05, 3.63) is 28.5 Å². The maximum absolute atomic E-state index is 12.0. The van der Waals surface area contributed by atoms with Crippen LogP contribution in [0.25, 0.3) is 0 Å². The van der Waals surface area contributed by atoms with Crippen molar-refractivity contribution >= 4 is 30.0 Å². The van der Waals surface area contributed by atoms with Crippen LogP contribution in [0.1, 0.15) is 16.1 Å². The Balaban J connectivity index is 0.00000196. The van der Waals surface area contributed by atoms with E-state index in [1.807, 2.05) is 0 Å². The van der Waals surface area contributed by atoms with Crippen molar-refractivity contribution in [1.29, 1.82) is 0 Å². The van der Waals surface area contributed by atoms with Crippen LogP contribution < -0.4 is 0 Å². The predicted octanol–water partition coefficient (Wildman–Crippen LogP) is 2.87. The number of carboxylic acid groups (broad SMARTS) is 1. The average Bonchev–Trinajstić information content (AvgIpc) is 2.01. The summed E-state index contributed by atoms with van der Waals surface area (Å²) in [7, 11) is 0.